The topological polar surface area (TPSA) is 291 Å². The van der Waals surface area contributed by atoms with Crippen molar-refractivity contribution >= 4 is 21.6 Å². The molecule has 24 heteroatoms. The maximum absolute atomic E-state index is 13.1. The van der Waals surface area contributed by atoms with Crippen molar-refractivity contribution in [3.05, 3.63) is 33.1 Å². The molecule has 2 unspecified atom stereocenters. The van der Waals surface area contributed by atoms with E-state index in [1.165, 1.54) is 0 Å². The van der Waals surface area contributed by atoms with E-state index in [1.54, 1.807) is 0 Å². The van der Waals surface area contributed by atoms with E-state index in [0.717, 1.165) is 19.2 Å². The van der Waals surface area contributed by atoms with Crippen LogP contribution in [-0.4, -0.2) is 98.1 Å². The number of carbonyl (C=O) groups excluding carboxylic acids is 1. The zero-order valence-electron chi connectivity index (χ0n) is 21.7. The zero-order chi connectivity index (χ0) is 29.3. The number of aliphatic hydroxyl groups is 4. The van der Waals surface area contributed by atoms with Gasteiger partial charge in [-0.05, 0) is 0 Å². The minimum atomic E-state index is -5.98. The number of aromatic nitrogens is 2. The minimum Gasteiger partial charge on any atom is -0.756 e. The quantitative estimate of drug-likeness (QED) is 0.104. The van der Waals surface area contributed by atoms with Crippen LogP contribution >= 0.6 is 15.6 Å². The molecule has 41 heavy (non-hydrogen) atoms. The van der Waals surface area contributed by atoms with E-state index in [0.29, 0.717) is 4.57 Å². The predicted molar refractivity (Wildman–Crippen MR) is 115 cm³/mol. The molecule has 0 aromatic carbocycles. The zero-order valence-corrected chi connectivity index (χ0v) is 23.5. The van der Waals surface area contributed by atoms with Gasteiger partial charge >= 0.3 is 43.4 Å². The van der Waals surface area contributed by atoms with E-state index >= 15 is 0 Å². The van der Waals surface area contributed by atoms with Crippen LogP contribution in [0.1, 0.15) is 13.2 Å². The first-order valence-electron chi connectivity index (χ1n) is 10.9. The van der Waals surface area contributed by atoms with E-state index in [1.807, 2.05) is 10.3 Å². The van der Waals surface area contributed by atoms with E-state index in [-0.39, 0.29) is 37.7 Å². The number of aromatic amines is 1. The number of hydrogen-bond acceptors (Lipinski definition) is 16. The summed E-state index contributed by atoms with van der Waals surface area (Å²) in [6, 6.07) is -0.906. The van der Waals surface area contributed by atoms with Gasteiger partial charge in [0.25, 0.3) is 21.2 Å². The Morgan fingerprint density at radius 3 is 2.24 bits per heavy atom. The Morgan fingerprint density at radius 1 is 1.07 bits per heavy atom. The maximum Gasteiger partial charge on any atom is 1.00 e. The molecule has 1 aromatic rings. The Morgan fingerprint density at radius 2 is 1.68 bits per heavy atom. The van der Waals surface area contributed by atoms with Crippen LogP contribution in [0.25, 0.3) is 0 Å². The van der Waals surface area contributed by atoms with Crippen molar-refractivity contribution in [3.63, 3.8) is 0 Å². The van der Waals surface area contributed by atoms with Crippen molar-refractivity contribution in [2.75, 3.05) is 13.3 Å². The average Bonchev–Trinajstić information content (AvgIpc) is 3.10. The summed E-state index contributed by atoms with van der Waals surface area (Å²) >= 11 is 0. The molecule has 19 nitrogen and oxygen atoms in total. The van der Waals surface area contributed by atoms with Crippen LogP contribution in [0.15, 0.2) is 21.9 Å². The number of aliphatic hydroxyl groups excluding tert-OH is 4. The van der Waals surface area contributed by atoms with E-state index in [4.69, 9.17) is 9.47 Å². The van der Waals surface area contributed by atoms with Crippen molar-refractivity contribution in [1.82, 2.24) is 14.9 Å². The van der Waals surface area contributed by atoms with Crippen LogP contribution in [0, 0.1) is 0 Å². The number of H-pyrrole nitrogens is 1. The number of rotatable bonds is 10. The van der Waals surface area contributed by atoms with Crippen LogP contribution in [0.4, 0.5) is 4.39 Å². The number of hydrogen-bond donors (Lipinski definition) is 6. The van der Waals surface area contributed by atoms with Gasteiger partial charge in [0.2, 0.25) is 5.91 Å². The van der Waals surface area contributed by atoms with Crippen molar-refractivity contribution in [1.29, 1.82) is 0 Å². The molecular weight excluding hydrogens is 597 g/mol. The molecule has 2 aliphatic heterocycles. The van der Waals surface area contributed by atoms with Gasteiger partial charge in [0.15, 0.2) is 12.5 Å². The summed E-state index contributed by atoms with van der Waals surface area (Å²) in [6.45, 7) is -1.63. The van der Waals surface area contributed by atoms with Crippen LogP contribution in [-0.2, 0) is 36.8 Å². The summed E-state index contributed by atoms with van der Waals surface area (Å²) in [6.07, 6.45) is -14.0. The SMILES string of the molecule is CC(=O)N[C@H]1[C@@H](OP(=O)([O-])OP(=O)([O-])OC[C@H]2O[C@@H](n3ccc(=O)[nH]c3=O)[C@H](O)[C@@H]2O)O[C@H](CF)[C@@H](O)[C@@H]1O.[Li+].[Li+]. The Labute approximate surface area is 253 Å². The fourth-order valence-electron chi connectivity index (χ4n) is 3.72. The monoisotopic (exact) mass is 621 g/mol. The summed E-state index contributed by atoms with van der Waals surface area (Å²) in [7, 11) is -11.8. The first-order valence-corrected chi connectivity index (χ1v) is 13.8. The van der Waals surface area contributed by atoms with E-state index < -0.39 is 101 Å². The molecule has 11 atom stereocenters. The van der Waals surface area contributed by atoms with Gasteiger partial charge in [0.1, 0.15) is 49.3 Å². The number of phosphoric acid groups is 2. The Kier molecular flexibility index (Phi) is 14.3. The number of nitrogens with one attached hydrogen (secondary N) is 2. The molecule has 0 radical (unpaired) electrons. The minimum absolute atomic E-state index is 0. The number of carbonyl (C=O) groups is 1. The van der Waals surface area contributed by atoms with Gasteiger partial charge < -0.3 is 49.5 Å². The molecule has 1 aromatic heterocycles. The summed E-state index contributed by atoms with van der Waals surface area (Å²) in [5.41, 5.74) is -1.80. The molecule has 0 saturated carbocycles. The molecule has 2 fully saturated rings. The summed E-state index contributed by atoms with van der Waals surface area (Å²) in [4.78, 5) is 60.8. The average molecular weight is 621 g/mol. The van der Waals surface area contributed by atoms with Gasteiger partial charge in [-0.25, -0.2) is 13.5 Å². The molecule has 6 N–H and O–H groups in total. The van der Waals surface area contributed by atoms with Gasteiger partial charge in [-0.3, -0.25) is 32.8 Å². The molecule has 0 bridgehead atoms. The van der Waals surface area contributed by atoms with E-state index in [9.17, 15) is 58.1 Å². The van der Waals surface area contributed by atoms with Gasteiger partial charge in [0, 0.05) is 19.2 Å². The molecular formula is C17H24FLi2N3O16P2. The molecule has 2 aliphatic rings. The molecule has 1 amide bonds. The van der Waals surface area contributed by atoms with Crippen LogP contribution in [0.5, 0.6) is 0 Å². The fourth-order valence-corrected chi connectivity index (χ4v) is 5.81. The molecule has 0 spiro atoms. The second kappa shape index (κ2) is 15.3. The largest absolute Gasteiger partial charge is 1.00 e. The van der Waals surface area contributed by atoms with E-state index in [2.05, 4.69) is 13.4 Å². The third-order valence-electron chi connectivity index (χ3n) is 5.52. The molecule has 3 rings (SSSR count). The first kappa shape index (κ1) is 38.3. The number of alkyl halides is 1. The standard InChI is InChI=1S/C17H26FN3O16P2.2Li/c1-6(22)19-10-13(26)11(24)7(4-18)35-16(10)36-39(31,32)37-38(29,30)33-5-8-12(25)14(27)15(34-8)21-3-2-9(23)20-17(21)28;;/h2-3,7-8,10-16,24-27H,4-5H2,1H3,(H,19,22)(H,29,30)(H,31,32)(H,20,23,28);;/q;2*+1/p-2/t7-,8-,10-,11-,12-,13-,14-,15-,16-;;/m1../s1. The Balaban J connectivity index is 0.00000420. The second-order valence-corrected chi connectivity index (χ2v) is 11.3. The molecule has 2 saturated heterocycles. The number of ether oxygens (including phenoxy) is 2. The summed E-state index contributed by atoms with van der Waals surface area (Å²) in [5.74, 6) is -0.860. The smallest absolute Gasteiger partial charge is 0.756 e. The van der Waals surface area contributed by atoms with Crippen molar-refractivity contribution in [2.24, 2.45) is 0 Å². The number of nitrogens with zero attached hydrogens (tertiary/aromatic N) is 1. The number of halogens is 1. The molecule has 3 heterocycles. The number of amides is 1. The normalized spacial score (nSPS) is 34.4. The third kappa shape index (κ3) is 9.64. The van der Waals surface area contributed by atoms with Crippen molar-refractivity contribution in [2.45, 2.75) is 62.1 Å². The van der Waals surface area contributed by atoms with Gasteiger partial charge in [-0.1, -0.05) is 0 Å². The number of phosphoric ester groups is 2. The first-order chi connectivity index (χ1) is 18.0. The van der Waals surface area contributed by atoms with Gasteiger partial charge in [-0.2, -0.15) is 0 Å². The van der Waals surface area contributed by atoms with Gasteiger partial charge in [-0.15, -0.1) is 0 Å². The van der Waals surface area contributed by atoms with Crippen LogP contribution in [0.2, 0.25) is 0 Å². The summed E-state index contributed by atoms with van der Waals surface area (Å²) < 4.78 is 61.1. The van der Waals surface area contributed by atoms with Crippen LogP contribution < -0.4 is 64.1 Å². The summed E-state index contributed by atoms with van der Waals surface area (Å²) in [5, 5.41) is 42.3. The Hall–Kier alpha value is -0.705. The second-order valence-electron chi connectivity index (χ2n) is 8.35. The van der Waals surface area contributed by atoms with Gasteiger partial charge in [0.05, 0.1) is 6.61 Å². The molecule has 222 valence electrons. The van der Waals surface area contributed by atoms with Crippen molar-refractivity contribution in [3.8, 4) is 0 Å². The fraction of sp³-hybridized carbons (Fsp3) is 0.706. The Bertz CT molecular complexity index is 1260. The third-order valence-corrected chi connectivity index (χ3v) is 8.05. The predicted octanol–water partition coefficient (Wildman–Crippen LogP) is -10.9. The van der Waals surface area contributed by atoms with Crippen molar-refractivity contribution < 1.29 is 109 Å². The van der Waals surface area contributed by atoms with Crippen LogP contribution in [0.3, 0.4) is 0 Å². The maximum atomic E-state index is 13.1. The molecule has 0 aliphatic carbocycles.